The Morgan fingerprint density at radius 1 is 1.09 bits per heavy atom. The first-order valence-electron chi connectivity index (χ1n) is 9.57. The lowest BCUT2D eigenvalue weighted by Crippen LogP contribution is -2.30. The highest BCUT2D eigenvalue weighted by atomic mass is 35.5. The summed E-state index contributed by atoms with van der Waals surface area (Å²) in [7, 11) is 0. The van der Waals surface area contributed by atoms with Gasteiger partial charge in [-0.1, -0.05) is 17.7 Å². The number of halogens is 1. The van der Waals surface area contributed by atoms with E-state index in [4.69, 9.17) is 20.8 Å². The fourth-order valence-electron chi connectivity index (χ4n) is 2.71. The van der Waals surface area contributed by atoms with Gasteiger partial charge in [-0.2, -0.15) is 0 Å². The lowest BCUT2D eigenvalue weighted by atomic mass is 10.1. The number of aryl methyl sites for hydroxylation is 1. The molecule has 1 aromatic heterocycles. The third kappa shape index (κ3) is 5.74. The number of anilines is 2. The number of benzene rings is 2. The van der Waals surface area contributed by atoms with E-state index in [-0.39, 0.29) is 27.7 Å². The van der Waals surface area contributed by atoms with Crippen LogP contribution in [0.5, 0.6) is 0 Å². The highest BCUT2D eigenvalue weighted by molar-refractivity contribution is 6.33. The zero-order valence-corrected chi connectivity index (χ0v) is 18.2. The Bertz CT molecular complexity index is 1220. The van der Waals surface area contributed by atoms with Gasteiger partial charge in [0.2, 0.25) is 0 Å². The van der Waals surface area contributed by atoms with Crippen molar-refractivity contribution in [2.75, 3.05) is 10.6 Å². The lowest BCUT2D eigenvalue weighted by Gasteiger charge is -2.15. The second-order valence-corrected chi connectivity index (χ2v) is 7.33. The van der Waals surface area contributed by atoms with Crippen molar-refractivity contribution in [3.63, 3.8) is 0 Å². The van der Waals surface area contributed by atoms with Crippen molar-refractivity contribution < 1.29 is 28.5 Å². The van der Waals surface area contributed by atoms with Gasteiger partial charge in [-0.05, 0) is 49.7 Å². The molecule has 1 heterocycles. The molecule has 0 saturated carbocycles. The molecule has 0 radical (unpaired) electrons. The van der Waals surface area contributed by atoms with E-state index in [0.717, 1.165) is 6.07 Å². The minimum atomic E-state index is -1.24. The quantitative estimate of drug-likeness (QED) is 0.291. The SMILES string of the molecule is Cc1ccc(C(=O)OC(C)C(=O)Nc2cc([N+](=O)[O-])ccc2Cl)cc1NC(=O)c1ccco1. The van der Waals surface area contributed by atoms with Crippen molar-refractivity contribution >= 4 is 46.4 Å². The van der Waals surface area contributed by atoms with Gasteiger partial charge in [0.15, 0.2) is 11.9 Å². The summed E-state index contributed by atoms with van der Waals surface area (Å²) >= 11 is 5.98. The second-order valence-electron chi connectivity index (χ2n) is 6.92. The van der Waals surface area contributed by atoms with Gasteiger partial charge in [0.1, 0.15) is 0 Å². The number of nitro groups is 1. The summed E-state index contributed by atoms with van der Waals surface area (Å²) in [5.41, 5.74) is 0.910. The first kappa shape index (κ1) is 23.5. The molecule has 1 unspecified atom stereocenters. The van der Waals surface area contributed by atoms with Gasteiger partial charge in [0, 0.05) is 17.8 Å². The fourth-order valence-corrected chi connectivity index (χ4v) is 2.88. The molecule has 2 amide bonds. The molecule has 33 heavy (non-hydrogen) atoms. The van der Waals surface area contributed by atoms with Crippen LogP contribution in [-0.2, 0) is 9.53 Å². The number of esters is 1. The minimum absolute atomic E-state index is 0.0111. The number of carbonyl (C=O) groups is 3. The molecule has 1 atom stereocenters. The Balaban J connectivity index is 1.68. The number of nitro benzene ring substituents is 1. The largest absolute Gasteiger partial charge is 0.459 e. The normalized spacial score (nSPS) is 11.4. The van der Waals surface area contributed by atoms with Crippen LogP contribution in [0.2, 0.25) is 5.02 Å². The van der Waals surface area contributed by atoms with E-state index in [1.54, 1.807) is 19.1 Å². The van der Waals surface area contributed by atoms with Gasteiger partial charge >= 0.3 is 5.97 Å². The molecule has 2 aromatic carbocycles. The standard InChI is InChI=1S/C22H18ClN3O7/c1-12-5-6-14(10-17(12)24-21(28)19-4-3-9-32-19)22(29)33-13(2)20(27)25-18-11-15(26(30)31)7-8-16(18)23/h3-11,13H,1-2H3,(H,24,28)(H,25,27). The van der Waals surface area contributed by atoms with E-state index >= 15 is 0 Å². The van der Waals surface area contributed by atoms with Crippen LogP contribution in [0.25, 0.3) is 0 Å². The molecule has 2 N–H and O–H groups in total. The van der Waals surface area contributed by atoms with Crippen LogP contribution in [0.3, 0.4) is 0 Å². The Labute approximate surface area is 192 Å². The summed E-state index contributed by atoms with van der Waals surface area (Å²) in [5.74, 6) is -1.93. The van der Waals surface area contributed by atoms with Gasteiger partial charge < -0.3 is 19.8 Å². The maximum atomic E-state index is 12.6. The number of furan rings is 1. The Morgan fingerprint density at radius 3 is 2.52 bits per heavy atom. The maximum Gasteiger partial charge on any atom is 0.338 e. The Kier molecular flexibility index (Phi) is 7.09. The summed E-state index contributed by atoms with van der Waals surface area (Å²) in [5, 5.41) is 16.1. The van der Waals surface area contributed by atoms with Gasteiger partial charge in [-0.3, -0.25) is 19.7 Å². The third-order valence-electron chi connectivity index (χ3n) is 4.54. The van der Waals surface area contributed by atoms with Gasteiger partial charge in [0.25, 0.3) is 17.5 Å². The van der Waals surface area contributed by atoms with Crippen molar-refractivity contribution in [1.82, 2.24) is 0 Å². The molecule has 0 aliphatic carbocycles. The molecule has 0 aliphatic rings. The maximum absolute atomic E-state index is 12.6. The zero-order chi connectivity index (χ0) is 24.1. The summed E-state index contributed by atoms with van der Waals surface area (Å²) in [6, 6.07) is 11.2. The molecule has 0 bridgehead atoms. The highest BCUT2D eigenvalue weighted by Crippen LogP contribution is 2.27. The van der Waals surface area contributed by atoms with Crippen LogP contribution in [0, 0.1) is 17.0 Å². The number of hydrogen-bond acceptors (Lipinski definition) is 7. The summed E-state index contributed by atoms with van der Waals surface area (Å²) < 4.78 is 10.2. The van der Waals surface area contributed by atoms with Crippen molar-refractivity contribution in [3.8, 4) is 0 Å². The zero-order valence-electron chi connectivity index (χ0n) is 17.5. The Morgan fingerprint density at radius 2 is 1.85 bits per heavy atom. The van der Waals surface area contributed by atoms with Crippen LogP contribution in [0.4, 0.5) is 17.1 Å². The average Bonchev–Trinajstić information content (AvgIpc) is 3.31. The van der Waals surface area contributed by atoms with Crippen molar-refractivity contribution in [3.05, 3.63) is 86.8 Å². The van der Waals surface area contributed by atoms with Crippen LogP contribution < -0.4 is 10.6 Å². The number of nitrogens with one attached hydrogen (secondary N) is 2. The number of hydrogen-bond donors (Lipinski definition) is 2. The summed E-state index contributed by atoms with van der Waals surface area (Å²) in [6.45, 7) is 3.08. The summed E-state index contributed by atoms with van der Waals surface area (Å²) in [4.78, 5) is 47.5. The number of non-ortho nitro benzene ring substituents is 1. The predicted octanol–water partition coefficient (Wildman–Crippen LogP) is 4.59. The van der Waals surface area contributed by atoms with E-state index in [2.05, 4.69) is 10.6 Å². The third-order valence-corrected chi connectivity index (χ3v) is 4.87. The van der Waals surface area contributed by atoms with E-state index in [0.29, 0.717) is 11.3 Å². The highest BCUT2D eigenvalue weighted by Gasteiger charge is 2.22. The molecule has 11 heteroatoms. The lowest BCUT2D eigenvalue weighted by molar-refractivity contribution is -0.384. The predicted molar refractivity (Wildman–Crippen MR) is 119 cm³/mol. The fraction of sp³-hybridized carbons (Fsp3) is 0.136. The van der Waals surface area contributed by atoms with Crippen LogP contribution >= 0.6 is 11.6 Å². The first-order chi connectivity index (χ1) is 15.7. The van der Waals surface area contributed by atoms with E-state index in [9.17, 15) is 24.5 Å². The van der Waals surface area contributed by atoms with Crippen LogP contribution in [0.15, 0.2) is 59.2 Å². The molecular weight excluding hydrogens is 454 g/mol. The number of carbonyl (C=O) groups excluding carboxylic acids is 3. The molecular formula is C22H18ClN3O7. The average molecular weight is 472 g/mol. The monoisotopic (exact) mass is 471 g/mol. The van der Waals surface area contributed by atoms with Crippen LogP contribution in [0.1, 0.15) is 33.4 Å². The number of rotatable bonds is 7. The number of amides is 2. The molecule has 0 fully saturated rings. The molecule has 170 valence electrons. The number of nitrogens with zero attached hydrogens (tertiary/aromatic N) is 1. The van der Waals surface area contributed by atoms with Gasteiger partial charge in [0.05, 0.1) is 27.5 Å². The van der Waals surface area contributed by atoms with Crippen molar-refractivity contribution in [2.45, 2.75) is 20.0 Å². The molecule has 0 aliphatic heterocycles. The molecule has 0 spiro atoms. The van der Waals surface area contributed by atoms with Gasteiger partial charge in [-0.15, -0.1) is 0 Å². The number of ether oxygens (including phenoxy) is 1. The molecule has 0 saturated heterocycles. The van der Waals surface area contributed by atoms with Crippen LogP contribution in [-0.4, -0.2) is 28.8 Å². The van der Waals surface area contributed by atoms with Gasteiger partial charge in [-0.25, -0.2) is 4.79 Å². The molecule has 3 aromatic rings. The van der Waals surface area contributed by atoms with E-state index < -0.39 is 28.8 Å². The topological polar surface area (TPSA) is 141 Å². The first-order valence-corrected chi connectivity index (χ1v) is 9.95. The van der Waals surface area contributed by atoms with Crippen molar-refractivity contribution in [2.24, 2.45) is 0 Å². The minimum Gasteiger partial charge on any atom is -0.459 e. The Hall–Kier alpha value is -4.18. The molecule has 10 nitrogen and oxygen atoms in total. The van der Waals surface area contributed by atoms with Crippen molar-refractivity contribution in [1.29, 1.82) is 0 Å². The van der Waals surface area contributed by atoms with E-state index in [1.165, 1.54) is 43.5 Å². The van der Waals surface area contributed by atoms with E-state index in [1.807, 2.05) is 0 Å². The summed E-state index contributed by atoms with van der Waals surface area (Å²) in [6.07, 6.45) is 0.123. The smallest absolute Gasteiger partial charge is 0.338 e. The molecule has 3 rings (SSSR count). The second kappa shape index (κ2) is 9.96.